The van der Waals surface area contributed by atoms with Crippen molar-refractivity contribution in [2.45, 2.75) is 13.8 Å². The Hall–Kier alpha value is -2.34. The number of hydrogen-bond acceptors (Lipinski definition) is 0. The molecule has 0 saturated carbocycles. The van der Waals surface area contributed by atoms with Gasteiger partial charge < -0.3 is 0 Å². The van der Waals surface area contributed by atoms with Gasteiger partial charge in [0.1, 0.15) is 0 Å². The predicted molar refractivity (Wildman–Crippen MR) is 93.6 cm³/mol. The molecular formula is C20H22. The van der Waals surface area contributed by atoms with Gasteiger partial charge in [0.05, 0.1) is 0 Å². The van der Waals surface area contributed by atoms with Crippen molar-refractivity contribution >= 4 is 23.8 Å². The summed E-state index contributed by atoms with van der Waals surface area (Å²) in [5, 5.41) is 2.40. The zero-order valence-electron chi connectivity index (χ0n) is 12.4. The van der Waals surface area contributed by atoms with Crippen LogP contribution in [0.3, 0.4) is 0 Å². The van der Waals surface area contributed by atoms with E-state index in [1.807, 2.05) is 19.9 Å². The highest BCUT2D eigenvalue weighted by Crippen LogP contribution is 2.16. The molecule has 0 N–H and O–H groups in total. The fraction of sp³-hybridized carbons (Fsp3) is 0.100. The molecule has 0 nitrogen and oxygen atoms in total. The molecule has 0 aliphatic carbocycles. The zero-order chi connectivity index (χ0) is 15.1. The molecule has 0 radical (unpaired) electrons. The van der Waals surface area contributed by atoms with E-state index in [4.69, 9.17) is 0 Å². The summed E-state index contributed by atoms with van der Waals surface area (Å²) >= 11 is 0. The first-order valence-electron chi connectivity index (χ1n) is 6.65. The Bertz CT molecular complexity index is 694. The molecule has 0 atom stereocenters. The predicted octanol–water partition coefficient (Wildman–Crippen LogP) is 4.24. The van der Waals surface area contributed by atoms with Gasteiger partial charge in [0.25, 0.3) is 0 Å². The van der Waals surface area contributed by atoms with Gasteiger partial charge in [-0.15, -0.1) is 0 Å². The fourth-order valence-electron chi connectivity index (χ4n) is 2.06. The van der Waals surface area contributed by atoms with Gasteiger partial charge in [-0.2, -0.15) is 0 Å². The van der Waals surface area contributed by atoms with Crippen molar-refractivity contribution in [3.63, 3.8) is 0 Å². The normalized spacial score (nSPS) is 12.7. The fourth-order valence-corrected chi connectivity index (χ4v) is 2.06. The lowest BCUT2D eigenvalue weighted by Crippen LogP contribution is -2.27. The van der Waals surface area contributed by atoms with Crippen LogP contribution in [-0.2, 0) is 0 Å². The summed E-state index contributed by atoms with van der Waals surface area (Å²) in [5.41, 5.74) is 4.02. The van der Waals surface area contributed by atoms with E-state index in [1.54, 1.807) is 12.2 Å². The van der Waals surface area contributed by atoms with Gasteiger partial charge in [0.2, 0.25) is 0 Å². The molecule has 102 valence electrons. The highest BCUT2D eigenvalue weighted by Gasteiger charge is 2.03. The first kappa shape index (κ1) is 15.7. The second-order valence-electron chi connectivity index (χ2n) is 4.45. The lowest BCUT2D eigenvalue weighted by Gasteiger charge is -2.08. The summed E-state index contributed by atoms with van der Waals surface area (Å²) in [5.74, 6) is 0. The van der Waals surface area contributed by atoms with Crippen LogP contribution < -0.4 is 10.4 Å². The molecule has 0 aliphatic rings. The lowest BCUT2D eigenvalue weighted by molar-refractivity contribution is 1.43. The van der Waals surface area contributed by atoms with Crippen LogP contribution in [0, 0.1) is 0 Å². The van der Waals surface area contributed by atoms with Gasteiger partial charge in [0, 0.05) is 0 Å². The SMILES string of the molecule is C=CC(=C)/C=C\c1c(C(=C)C=C)ccc(=C/C)/c1=C\C. The molecule has 0 aliphatic heterocycles. The molecule has 1 aromatic rings. The third kappa shape index (κ3) is 3.36. The first-order chi connectivity index (χ1) is 9.58. The number of benzene rings is 1. The van der Waals surface area contributed by atoms with Gasteiger partial charge in [-0.3, -0.25) is 0 Å². The lowest BCUT2D eigenvalue weighted by atomic mass is 9.96. The molecule has 20 heavy (non-hydrogen) atoms. The molecular weight excluding hydrogens is 240 g/mol. The average molecular weight is 262 g/mol. The van der Waals surface area contributed by atoms with Crippen molar-refractivity contribution in [2.75, 3.05) is 0 Å². The van der Waals surface area contributed by atoms with Crippen LogP contribution >= 0.6 is 0 Å². The largest absolute Gasteiger partial charge is 0.0985 e. The van der Waals surface area contributed by atoms with Crippen LogP contribution in [0.4, 0.5) is 0 Å². The number of rotatable bonds is 5. The monoisotopic (exact) mass is 262 g/mol. The summed E-state index contributed by atoms with van der Waals surface area (Å²) in [4.78, 5) is 0. The Labute approximate surface area is 122 Å². The molecule has 0 fully saturated rings. The van der Waals surface area contributed by atoms with Crippen LogP contribution in [0.1, 0.15) is 25.0 Å². The molecule has 0 saturated heterocycles. The highest BCUT2D eigenvalue weighted by molar-refractivity contribution is 5.79. The second-order valence-corrected chi connectivity index (χ2v) is 4.45. The summed E-state index contributed by atoms with van der Waals surface area (Å²) in [6.45, 7) is 19.6. The Kier molecular flexibility index (Phi) is 5.74. The van der Waals surface area contributed by atoms with E-state index in [0.29, 0.717) is 0 Å². The van der Waals surface area contributed by atoms with Crippen molar-refractivity contribution in [3.8, 4) is 0 Å². The van der Waals surface area contributed by atoms with Gasteiger partial charge >= 0.3 is 0 Å². The van der Waals surface area contributed by atoms with Crippen LogP contribution in [0.25, 0.3) is 23.8 Å². The Morgan fingerprint density at radius 2 is 1.70 bits per heavy atom. The Morgan fingerprint density at radius 1 is 1.00 bits per heavy atom. The topological polar surface area (TPSA) is 0 Å². The molecule has 0 amide bonds. The maximum atomic E-state index is 4.06. The highest BCUT2D eigenvalue weighted by atomic mass is 14.1. The zero-order valence-corrected chi connectivity index (χ0v) is 12.4. The summed E-state index contributed by atoms with van der Waals surface area (Å²) in [6.07, 6.45) is 11.8. The van der Waals surface area contributed by atoms with E-state index >= 15 is 0 Å². The molecule has 0 aromatic heterocycles. The maximum Gasteiger partial charge on any atom is -0.0103 e. The van der Waals surface area contributed by atoms with E-state index in [2.05, 4.69) is 56.7 Å². The quantitative estimate of drug-likeness (QED) is 0.696. The summed E-state index contributed by atoms with van der Waals surface area (Å²) in [6, 6.07) is 4.20. The molecule has 1 rings (SSSR count). The molecule has 0 spiro atoms. The van der Waals surface area contributed by atoms with E-state index < -0.39 is 0 Å². The average Bonchev–Trinajstić information content (AvgIpc) is 2.50. The maximum absolute atomic E-state index is 4.06. The summed E-state index contributed by atoms with van der Waals surface area (Å²) in [7, 11) is 0. The second kappa shape index (κ2) is 7.30. The van der Waals surface area contributed by atoms with Gasteiger partial charge in [0.15, 0.2) is 0 Å². The van der Waals surface area contributed by atoms with Gasteiger partial charge in [-0.1, -0.05) is 74.9 Å². The molecule has 0 unspecified atom stereocenters. The Balaban J connectivity index is 3.70. The van der Waals surface area contributed by atoms with Gasteiger partial charge in [-0.25, -0.2) is 0 Å². The molecule has 0 bridgehead atoms. The smallest absolute Gasteiger partial charge is 0.0103 e. The van der Waals surface area contributed by atoms with Crippen LogP contribution in [0.5, 0.6) is 0 Å². The van der Waals surface area contributed by atoms with Crippen LogP contribution in [0.2, 0.25) is 0 Å². The minimum absolute atomic E-state index is 0.882. The standard InChI is InChI=1S/C20H22/c1-7-15(5)11-13-20-18(10-4)17(9-3)12-14-19(20)16(6)8-2/h7-14H,1-2,5-6H2,3-4H3/b13-11-,17-9-,18-10+. The minimum Gasteiger partial charge on any atom is -0.0985 e. The van der Waals surface area contributed by atoms with E-state index in [0.717, 1.165) is 22.3 Å². The molecule has 0 heteroatoms. The molecule has 0 heterocycles. The van der Waals surface area contributed by atoms with Crippen molar-refractivity contribution in [1.82, 2.24) is 0 Å². The van der Waals surface area contributed by atoms with E-state index in [1.165, 1.54) is 10.4 Å². The summed E-state index contributed by atoms with van der Waals surface area (Å²) < 4.78 is 0. The van der Waals surface area contributed by atoms with Crippen molar-refractivity contribution in [3.05, 3.63) is 83.8 Å². The van der Waals surface area contributed by atoms with Crippen LogP contribution in [-0.4, -0.2) is 0 Å². The van der Waals surface area contributed by atoms with E-state index in [-0.39, 0.29) is 0 Å². The molecule has 1 aromatic carbocycles. The van der Waals surface area contributed by atoms with Crippen LogP contribution in [0.15, 0.2) is 62.2 Å². The van der Waals surface area contributed by atoms with E-state index in [9.17, 15) is 0 Å². The first-order valence-corrected chi connectivity index (χ1v) is 6.65. The van der Waals surface area contributed by atoms with Crippen molar-refractivity contribution in [2.24, 2.45) is 0 Å². The van der Waals surface area contributed by atoms with Crippen molar-refractivity contribution < 1.29 is 0 Å². The Morgan fingerprint density at radius 3 is 2.20 bits per heavy atom. The minimum atomic E-state index is 0.882. The van der Waals surface area contributed by atoms with Crippen molar-refractivity contribution in [1.29, 1.82) is 0 Å². The third-order valence-corrected chi connectivity index (χ3v) is 3.24. The van der Waals surface area contributed by atoms with Gasteiger partial charge in [-0.05, 0) is 46.6 Å². The number of allylic oxidation sites excluding steroid dienone is 5. The third-order valence-electron chi connectivity index (χ3n) is 3.24. The number of hydrogen-bond donors (Lipinski definition) is 0.